The Morgan fingerprint density at radius 3 is 2.67 bits per heavy atom. The van der Waals surface area contributed by atoms with Crippen LogP contribution in [0.15, 0.2) is 17.3 Å². The molecule has 0 spiro atoms. The van der Waals surface area contributed by atoms with Crippen LogP contribution in [0.2, 0.25) is 0 Å². The van der Waals surface area contributed by atoms with Gasteiger partial charge in [-0.05, 0) is 13.0 Å². The van der Waals surface area contributed by atoms with Crippen LogP contribution in [-0.2, 0) is 16.6 Å². The van der Waals surface area contributed by atoms with E-state index in [2.05, 4.69) is 24.3 Å². The van der Waals surface area contributed by atoms with Crippen molar-refractivity contribution < 1.29 is 8.42 Å². The Kier molecular flexibility index (Phi) is 5.30. The molecule has 0 aliphatic heterocycles. The van der Waals surface area contributed by atoms with E-state index in [1.165, 1.54) is 24.6 Å². The minimum atomic E-state index is -3.37. The first kappa shape index (κ1) is 15.1. The topological polar surface area (TPSA) is 67.2 Å². The minimum absolute atomic E-state index is 0.240. The van der Waals surface area contributed by atoms with E-state index < -0.39 is 10.0 Å². The second-order valence-corrected chi connectivity index (χ2v) is 6.84. The Morgan fingerprint density at radius 1 is 1.44 bits per heavy atom. The zero-order valence-corrected chi connectivity index (χ0v) is 12.2. The van der Waals surface area contributed by atoms with Crippen LogP contribution in [0.3, 0.4) is 0 Å². The van der Waals surface area contributed by atoms with Crippen molar-refractivity contribution in [2.45, 2.75) is 37.8 Å². The van der Waals surface area contributed by atoms with Gasteiger partial charge in [0.05, 0.1) is 6.20 Å². The maximum atomic E-state index is 11.8. The Bertz CT molecular complexity index is 465. The lowest BCUT2D eigenvalue weighted by atomic mass is 10.3. The molecule has 104 valence electrons. The highest BCUT2D eigenvalue weighted by molar-refractivity contribution is 7.89. The fourth-order valence-electron chi connectivity index (χ4n) is 1.44. The van der Waals surface area contributed by atoms with Gasteiger partial charge in [-0.3, -0.25) is 4.68 Å². The van der Waals surface area contributed by atoms with Crippen molar-refractivity contribution in [3.8, 4) is 0 Å². The van der Waals surface area contributed by atoms with Crippen molar-refractivity contribution >= 4 is 10.0 Å². The molecule has 0 aromatic carbocycles. The van der Waals surface area contributed by atoms with Crippen molar-refractivity contribution in [3.63, 3.8) is 0 Å². The lowest BCUT2D eigenvalue weighted by Crippen LogP contribution is -2.24. The summed E-state index contributed by atoms with van der Waals surface area (Å²) in [4.78, 5) is 0.240. The Labute approximate surface area is 109 Å². The molecule has 0 bridgehead atoms. The van der Waals surface area contributed by atoms with Crippen LogP contribution in [0.5, 0.6) is 0 Å². The molecule has 0 radical (unpaired) electrons. The van der Waals surface area contributed by atoms with Gasteiger partial charge in [-0.2, -0.15) is 5.10 Å². The van der Waals surface area contributed by atoms with Gasteiger partial charge >= 0.3 is 0 Å². The summed E-state index contributed by atoms with van der Waals surface area (Å²) in [7, 11) is -0.339. The molecule has 0 aliphatic rings. The number of sulfonamides is 1. The summed E-state index contributed by atoms with van der Waals surface area (Å²) in [6, 6.07) is 0.465. The van der Waals surface area contributed by atoms with E-state index in [1.807, 2.05) is 0 Å². The minimum Gasteiger partial charge on any atom is -0.314 e. The predicted molar refractivity (Wildman–Crippen MR) is 70.9 cm³/mol. The third-order valence-corrected chi connectivity index (χ3v) is 4.27. The molecule has 0 saturated carbocycles. The molecule has 0 aliphatic carbocycles. The van der Waals surface area contributed by atoms with E-state index >= 15 is 0 Å². The van der Waals surface area contributed by atoms with E-state index in [9.17, 15) is 8.42 Å². The van der Waals surface area contributed by atoms with Crippen LogP contribution >= 0.6 is 0 Å². The first-order valence-corrected chi connectivity index (χ1v) is 7.46. The molecule has 6 nitrogen and oxygen atoms in total. The molecule has 1 aromatic rings. The summed E-state index contributed by atoms with van der Waals surface area (Å²) in [5, 5.41) is 7.37. The molecule has 1 N–H and O–H groups in total. The van der Waals surface area contributed by atoms with Gasteiger partial charge in [-0.15, -0.1) is 0 Å². The van der Waals surface area contributed by atoms with Crippen LogP contribution in [0, 0.1) is 0 Å². The summed E-state index contributed by atoms with van der Waals surface area (Å²) in [6.07, 6.45) is 3.89. The molecular formula is C11H22N4O2S. The molecule has 0 amide bonds. The van der Waals surface area contributed by atoms with Crippen molar-refractivity contribution in [2.75, 3.05) is 20.6 Å². The van der Waals surface area contributed by atoms with Crippen LogP contribution in [0.4, 0.5) is 0 Å². The Balaban J connectivity index is 2.54. The Morgan fingerprint density at radius 2 is 2.11 bits per heavy atom. The van der Waals surface area contributed by atoms with Gasteiger partial charge in [0.15, 0.2) is 0 Å². The first-order valence-electron chi connectivity index (χ1n) is 6.02. The van der Waals surface area contributed by atoms with Crippen LogP contribution in [0.25, 0.3) is 0 Å². The summed E-state index contributed by atoms with van der Waals surface area (Å²) in [6.45, 7) is 5.79. The Hall–Kier alpha value is -0.920. The van der Waals surface area contributed by atoms with E-state index in [0.717, 1.165) is 13.0 Å². The lowest BCUT2D eigenvalue weighted by molar-refractivity contribution is 0.511. The zero-order chi connectivity index (χ0) is 13.8. The van der Waals surface area contributed by atoms with Gasteiger partial charge in [0, 0.05) is 32.9 Å². The average molecular weight is 274 g/mol. The largest absolute Gasteiger partial charge is 0.314 e. The van der Waals surface area contributed by atoms with Gasteiger partial charge in [-0.1, -0.05) is 13.8 Å². The van der Waals surface area contributed by atoms with Crippen molar-refractivity contribution in [3.05, 3.63) is 12.4 Å². The summed E-state index contributed by atoms with van der Waals surface area (Å²) >= 11 is 0. The first-order chi connectivity index (χ1) is 8.34. The molecule has 1 rings (SSSR count). The molecule has 1 aromatic heterocycles. The average Bonchev–Trinajstić information content (AvgIpc) is 2.73. The van der Waals surface area contributed by atoms with Crippen LogP contribution in [-0.4, -0.2) is 49.2 Å². The van der Waals surface area contributed by atoms with Crippen molar-refractivity contribution in [1.29, 1.82) is 0 Å². The van der Waals surface area contributed by atoms with Crippen molar-refractivity contribution in [1.82, 2.24) is 19.4 Å². The molecule has 0 unspecified atom stereocenters. The number of hydrogen-bond donors (Lipinski definition) is 1. The maximum Gasteiger partial charge on any atom is 0.245 e. The predicted octanol–water partition coefficient (Wildman–Crippen LogP) is 0.522. The number of hydrogen-bond acceptors (Lipinski definition) is 4. The summed E-state index contributed by atoms with van der Waals surface area (Å²) in [5.74, 6) is 0. The number of nitrogens with zero attached hydrogens (tertiary/aromatic N) is 3. The van der Waals surface area contributed by atoms with Crippen LogP contribution in [0.1, 0.15) is 20.3 Å². The van der Waals surface area contributed by atoms with Gasteiger partial charge in [0.2, 0.25) is 10.0 Å². The quantitative estimate of drug-likeness (QED) is 0.736. The standard InChI is InChI=1S/C11H22N4O2S/c1-10(2)12-6-5-7-15-9-11(8-13-15)18(16,17)14(3)4/h8-10,12H,5-7H2,1-4H3. The number of aromatic nitrogens is 2. The molecule has 0 saturated heterocycles. The highest BCUT2D eigenvalue weighted by Gasteiger charge is 2.18. The number of rotatable bonds is 7. The molecular weight excluding hydrogens is 252 g/mol. The zero-order valence-electron chi connectivity index (χ0n) is 11.4. The fourth-order valence-corrected chi connectivity index (χ4v) is 2.30. The summed E-state index contributed by atoms with van der Waals surface area (Å²) in [5.41, 5.74) is 0. The molecule has 1 heterocycles. The fraction of sp³-hybridized carbons (Fsp3) is 0.727. The molecule has 18 heavy (non-hydrogen) atoms. The third kappa shape index (κ3) is 4.08. The maximum absolute atomic E-state index is 11.8. The van der Waals surface area contributed by atoms with Crippen LogP contribution < -0.4 is 5.32 Å². The monoisotopic (exact) mass is 274 g/mol. The summed E-state index contributed by atoms with van der Waals surface area (Å²) < 4.78 is 26.5. The second kappa shape index (κ2) is 6.31. The number of nitrogens with one attached hydrogen (secondary N) is 1. The van der Waals surface area contributed by atoms with E-state index in [-0.39, 0.29) is 4.90 Å². The second-order valence-electron chi connectivity index (χ2n) is 4.69. The number of aryl methyl sites for hydroxylation is 1. The molecule has 0 fully saturated rings. The lowest BCUT2D eigenvalue weighted by Gasteiger charge is -2.08. The molecule has 7 heteroatoms. The van der Waals surface area contributed by atoms with Gasteiger partial charge in [0.1, 0.15) is 4.90 Å². The van der Waals surface area contributed by atoms with Gasteiger partial charge in [-0.25, -0.2) is 12.7 Å². The third-order valence-electron chi connectivity index (χ3n) is 2.50. The molecule has 0 atom stereocenters. The van der Waals surface area contributed by atoms with E-state index in [4.69, 9.17) is 0 Å². The smallest absolute Gasteiger partial charge is 0.245 e. The SMILES string of the molecule is CC(C)NCCCn1cc(S(=O)(=O)N(C)C)cn1. The van der Waals surface area contributed by atoms with Crippen molar-refractivity contribution in [2.24, 2.45) is 0 Å². The highest BCUT2D eigenvalue weighted by atomic mass is 32.2. The van der Waals surface area contributed by atoms with Gasteiger partial charge < -0.3 is 5.32 Å². The highest BCUT2D eigenvalue weighted by Crippen LogP contribution is 2.11. The normalized spacial score (nSPS) is 12.6. The van der Waals surface area contributed by atoms with E-state index in [0.29, 0.717) is 12.6 Å². The van der Waals surface area contributed by atoms with E-state index in [1.54, 1.807) is 10.9 Å². The van der Waals surface area contributed by atoms with Gasteiger partial charge in [0.25, 0.3) is 0 Å².